The van der Waals surface area contributed by atoms with Crippen molar-refractivity contribution in [2.24, 2.45) is 0 Å². The number of aromatic hydroxyl groups is 1. The first-order chi connectivity index (χ1) is 14.1. The van der Waals surface area contributed by atoms with Crippen molar-refractivity contribution in [3.8, 4) is 11.4 Å². The van der Waals surface area contributed by atoms with Gasteiger partial charge in [-0.25, -0.2) is 0 Å². The normalized spacial score (nSPS) is 14.1. The largest absolute Gasteiger partial charge is 0.507 e. The van der Waals surface area contributed by atoms with Crippen LogP contribution in [0.1, 0.15) is 10.4 Å². The number of amides is 1. The summed E-state index contributed by atoms with van der Waals surface area (Å²) in [4.78, 5) is 28.9. The van der Waals surface area contributed by atoms with E-state index in [0.29, 0.717) is 37.6 Å². The highest BCUT2D eigenvalue weighted by Crippen LogP contribution is 2.24. The fraction of sp³-hybridized carbons (Fsp3) is 0.190. The second-order valence-corrected chi connectivity index (χ2v) is 7.07. The molecule has 0 unspecified atom stereocenters. The molecule has 1 aliphatic heterocycles. The van der Waals surface area contributed by atoms with Crippen molar-refractivity contribution in [2.45, 2.75) is 0 Å². The highest BCUT2D eigenvalue weighted by Gasteiger charge is 2.26. The summed E-state index contributed by atoms with van der Waals surface area (Å²) in [6.07, 6.45) is 1.58. The maximum absolute atomic E-state index is 12.7. The van der Waals surface area contributed by atoms with E-state index in [1.165, 1.54) is 10.7 Å². The van der Waals surface area contributed by atoms with Crippen LogP contribution in [0, 0.1) is 0 Å². The Morgan fingerprint density at radius 2 is 1.62 bits per heavy atom. The van der Waals surface area contributed by atoms with E-state index in [1.54, 1.807) is 41.4 Å². The molecule has 7 nitrogen and oxygen atoms in total. The third-order valence-corrected chi connectivity index (χ3v) is 5.30. The predicted molar refractivity (Wildman–Crippen MR) is 111 cm³/mol. The Morgan fingerprint density at radius 1 is 0.966 bits per heavy atom. The number of nitrogens with zero attached hydrogens (tertiary/aromatic N) is 4. The van der Waals surface area contributed by atoms with Crippen molar-refractivity contribution in [3.63, 3.8) is 0 Å². The molecule has 29 heavy (non-hydrogen) atoms. The van der Waals surface area contributed by atoms with E-state index in [1.807, 2.05) is 23.1 Å². The molecule has 0 bridgehead atoms. The molecule has 4 rings (SSSR count). The van der Waals surface area contributed by atoms with Gasteiger partial charge in [0.05, 0.1) is 23.1 Å². The zero-order valence-corrected chi connectivity index (χ0v) is 16.3. The summed E-state index contributed by atoms with van der Waals surface area (Å²) < 4.78 is 1.27. The van der Waals surface area contributed by atoms with Crippen molar-refractivity contribution >= 4 is 23.2 Å². The summed E-state index contributed by atoms with van der Waals surface area (Å²) in [5, 5.41) is 14.3. The van der Waals surface area contributed by atoms with Gasteiger partial charge in [-0.3, -0.25) is 9.59 Å². The summed E-state index contributed by atoms with van der Waals surface area (Å²) in [6.45, 7) is 1.92. The van der Waals surface area contributed by atoms with Gasteiger partial charge < -0.3 is 14.9 Å². The summed E-state index contributed by atoms with van der Waals surface area (Å²) in [7, 11) is 0. The number of hydrogen-bond donors (Lipinski definition) is 1. The lowest BCUT2D eigenvalue weighted by molar-refractivity contribution is 0.0743. The van der Waals surface area contributed by atoms with E-state index in [-0.39, 0.29) is 27.8 Å². The molecule has 0 radical (unpaired) electrons. The number of benzene rings is 2. The van der Waals surface area contributed by atoms with Crippen LogP contribution in [-0.4, -0.2) is 51.9 Å². The maximum Gasteiger partial charge on any atom is 0.292 e. The van der Waals surface area contributed by atoms with Crippen LogP contribution in [0.4, 0.5) is 5.69 Å². The van der Waals surface area contributed by atoms with Gasteiger partial charge in [0.2, 0.25) is 0 Å². The summed E-state index contributed by atoms with van der Waals surface area (Å²) in [5.41, 5.74) is 1.09. The number of para-hydroxylation sites is 2. The monoisotopic (exact) mass is 410 g/mol. The molecule has 0 saturated carbocycles. The van der Waals surface area contributed by atoms with Crippen molar-refractivity contribution in [1.29, 1.82) is 0 Å². The SMILES string of the molecule is O=C(c1ccccc1O)N1CCN(c2cnn(-c3ccccc3)c(=O)c2Cl)CC1. The number of phenols is 1. The zero-order valence-electron chi connectivity index (χ0n) is 15.5. The second kappa shape index (κ2) is 7.97. The van der Waals surface area contributed by atoms with Crippen LogP contribution in [0.2, 0.25) is 5.02 Å². The lowest BCUT2D eigenvalue weighted by Crippen LogP contribution is -2.49. The lowest BCUT2D eigenvalue weighted by atomic mass is 10.1. The second-order valence-electron chi connectivity index (χ2n) is 6.69. The van der Waals surface area contributed by atoms with Crippen LogP contribution in [0.3, 0.4) is 0 Å². The molecule has 2 aromatic carbocycles. The molecule has 1 N–H and O–H groups in total. The molecule has 0 aliphatic carbocycles. The summed E-state index contributed by atoms with van der Waals surface area (Å²) in [6, 6.07) is 15.6. The smallest absolute Gasteiger partial charge is 0.292 e. The first kappa shape index (κ1) is 19.0. The first-order valence-corrected chi connectivity index (χ1v) is 9.59. The minimum Gasteiger partial charge on any atom is -0.507 e. The van der Waals surface area contributed by atoms with E-state index in [9.17, 15) is 14.7 Å². The lowest BCUT2D eigenvalue weighted by Gasteiger charge is -2.36. The first-order valence-electron chi connectivity index (χ1n) is 9.22. The van der Waals surface area contributed by atoms with Gasteiger partial charge in [0.1, 0.15) is 10.8 Å². The minimum atomic E-state index is -0.386. The molecule has 3 aromatic rings. The maximum atomic E-state index is 12.7. The third-order valence-electron chi connectivity index (χ3n) is 4.94. The number of piperazine rings is 1. The molecular weight excluding hydrogens is 392 g/mol. The average Bonchev–Trinajstić information content (AvgIpc) is 2.76. The molecular formula is C21H19ClN4O3. The van der Waals surface area contributed by atoms with Gasteiger partial charge in [-0.2, -0.15) is 9.78 Å². The Hall–Kier alpha value is -3.32. The highest BCUT2D eigenvalue weighted by atomic mass is 35.5. The van der Waals surface area contributed by atoms with Gasteiger partial charge in [-0.15, -0.1) is 0 Å². The Kier molecular flexibility index (Phi) is 5.22. The highest BCUT2D eigenvalue weighted by molar-refractivity contribution is 6.33. The van der Waals surface area contributed by atoms with Crippen molar-refractivity contribution in [1.82, 2.24) is 14.7 Å². The molecule has 2 heterocycles. The topological polar surface area (TPSA) is 78.7 Å². The number of aromatic nitrogens is 2. The van der Waals surface area contributed by atoms with Crippen LogP contribution in [-0.2, 0) is 0 Å². The molecule has 0 atom stereocenters. The van der Waals surface area contributed by atoms with Crippen molar-refractivity contribution in [2.75, 3.05) is 31.1 Å². The molecule has 1 aliphatic rings. The van der Waals surface area contributed by atoms with Crippen LogP contribution in [0.5, 0.6) is 5.75 Å². The van der Waals surface area contributed by atoms with Crippen molar-refractivity contribution in [3.05, 3.63) is 81.7 Å². The fourth-order valence-electron chi connectivity index (χ4n) is 3.37. The van der Waals surface area contributed by atoms with Crippen LogP contribution in [0.25, 0.3) is 5.69 Å². The van der Waals surface area contributed by atoms with Gasteiger partial charge in [0.25, 0.3) is 11.5 Å². The standard InChI is InChI=1S/C21H19ClN4O3/c22-19-17(14-23-26(21(19)29)15-6-2-1-3-7-15)24-10-12-25(13-11-24)20(28)16-8-4-5-9-18(16)27/h1-9,14,27H,10-13H2. The Balaban J connectivity index is 1.50. The Bertz CT molecular complexity index is 1090. The number of rotatable bonds is 3. The van der Waals surface area contributed by atoms with Gasteiger partial charge in [0.15, 0.2) is 0 Å². The number of phenolic OH excluding ortho intramolecular Hbond substituents is 1. The van der Waals surface area contributed by atoms with Crippen molar-refractivity contribution < 1.29 is 9.90 Å². The Labute approximate surface area is 172 Å². The average molecular weight is 411 g/mol. The molecule has 8 heteroatoms. The number of hydrogen-bond acceptors (Lipinski definition) is 5. The van der Waals surface area contributed by atoms with E-state index < -0.39 is 0 Å². The number of halogens is 1. The van der Waals surface area contributed by atoms with Gasteiger partial charge in [-0.1, -0.05) is 41.9 Å². The quantitative estimate of drug-likeness (QED) is 0.718. The van der Waals surface area contributed by atoms with Crippen LogP contribution in [0.15, 0.2) is 65.6 Å². The van der Waals surface area contributed by atoms with Gasteiger partial charge in [-0.05, 0) is 24.3 Å². The van der Waals surface area contributed by atoms with E-state index in [0.717, 1.165) is 0 Å². The molecule has 1 fully saturated rings. The van der Waals surface area contributed by atoms with Gasteiger partial charge >= 0.3 is 0 Å². The molecule has 148 valence electrons. The summed E-state index contributed by atoms with van der Waals surface area (Å²) >= 11 is 6.37. The zero-order chi connectivity index (χ0) is 20.4. The molecule has 1 aromatic heterocycles. The van der Waals surface area contributed by atoms with Crippen LogP contribution < -0.4 is 10.5 Å². The van der Waals surface area contributed by atoms with E-state index in [4.69, 9.17) is 11.6 Å². The van der Waals surface area contributed by atoms with Crippen LogP contribution >= 0.6 is 11.6 Å². The number of carbonyl (C=O) groups excluding carboxylic acids is 1. The fourth-order valence-corrected chi connectivity index (χ4v) is 3.62. The van der Waals surface area contributed by atoms with E-state index in [2.05, 4.69) is 5.10 Å². The number of carbonyl (C=O) groups is 1. The predicted octanol–water partition coefficient (Wildman–Crippen LogP) is 2.55. The van der Waals surface area contributed by atoms with E-state index >= 15 is 0 Å². The number of anilines is 1. The Morgan fingerprint density at radius 3 is 2.31 bits per heavy atom. The van der Waals surface area contributed by atoms with Gasteiger partial charge in [0, 0.05) is 26.2 Å². The molecule has 1 amide bonds. The third kappa shape index (κ3) is 3.69. The minimum absolute atomic E-state index is 0.0308. The molecule has 1 saturated heterocycles. The molecule has 0 spiro atoms. The summed E-state index contributed by atoms with van der Waals surface area (Å²) in [5.74, 6) is -0.247.